The van der Waals surface area contributed by atoms with Crippen LogP contribution in [0.1, 0.15) is 15.9 Å². The molecule has 0 aliphatic rings. The highest BCUT2D eigenvalue weighted by atomic mass is 16.5. The average Bonchev–Trinajstić information content (AvgIpc) is 2.66. The Morgan fingerprint density at radius 3 is 2.31 bits per heavy atom. The van der Waals surface area contributed by atoms with Gasteiger partial charge in [-0.1, -0.05) is 30.3 Å². The molecule has 2 N–H and O–H groups in total. The summed E-state index contributed by atoms with van der Waals surface area (Å²) in [7, 11) is 1.23. The van der Waals surface area contributed by atoms with Gasteiger partial charge in [-0.15, -0.1) is 0 Å². The van der Waals surface area contributed by atoms with E-state index in [9.17, 15) is 19.5 Å². The van der Waals surface area contributed by atoms with Crippen molar-refractivity contribution in [3.05, 3.63) is 65.7 Å². The van der Waals surface area contributed by atoms with Gasteiger partial charge in [0, 0.05) is 6.42 Å². The Labute approximate surface area is 150 Å². The van der Waals surface area contributed by atoms with E-state index < -0.39 is 30.5 Å². The highest BCUT2D eigenvalue weighted by Gasteiger charge is 2.22. The van der Waals surface area contributed by atoms with Crippen molar-refractivity contribution < 1.29 is 29.0 Å². The summed E-state index contributed by atoms with van der Waals surface area (Å²) in [5, 5.41) is 11.7. The first kappa shape index (κ1) is 19.0. The Hall–Kier alpha value is -3.35. The van der Waals surface area contributed by atoms with Crippen LogP contribution in [0.5, 0.6) is 5.75 Å². The standard InChI is InChI=1S/C19H19NO6/c1-25-19(24)16(11-13-5-3-2-4-6-13)20-17(22)12-26-18(23)14-7-9-15(21)10-8-14/h2-10,16,21H,11-12H2,1H3,(H,20,22)/t16-/m1/s1. The number of carbonyl (C=O) groups is 3. The van der Waals surface area contributed by atoms with Crippen LogP contribution < -0.4 is 5.32 Å². The molecule has 0 fully saturated rings. The number of ether oxygens (including phenoxy) is 2. The van der Waals surface area contributed by atoms with Crippen molar-refractivity contribution in [3.63, 3.8) is 0 Å². The molecule has 7 heteroatoms. The number of hydrogen-bond donors (Lipinski definition) is 2. The number of rotatable bonds is 7. The van der Waals surface area contributed by atoms with Gasteiger partial charge in [-0.2, -0.15) is 0 Å². The van der Waals surface area contributed by atoms with Crippen LogP contribution in [0.4, 0.5) is 0 Å². The molecule has 0 bridgehead atoms. The number of aromatic hydroxyl groups is 1. The molecule has 0 radical (unpaired) electrons. The van der Waals surface area contributed by atoms with Gasteiger partial charge in [0.25, 0.3) is 5.91 Å². The van der Waals surface area contributed by atoms with E-state index >= 15 is 0 Å². The molecule has 0 aliphatic carbocycles. The molecule has 0 unspecified atom stereocenters. The van der Waals surface area contributed by atoms with Crippen LogP contribution >= 0.6 is 0 Å². The summed E-state index contributed by atoms with van der Waals surface area (Å²) in [6, 6.07) is 13.7. The first-order chi connectivity index (χ1) is 12.5. The topological polar surface area (TPSA) is 102 Å². The number of nitrogens with one attached hydrogen (secondary N) is 1. The Kier molecular flexibility index (Phi) is 6.73. The molecule has 0 aliphatic heterocycles. The summed E-state index contributed by atoms with van der Waals surface area (Å²) in [5.41, 5.74) is 1.05. The summed E-state index contributed by atoms with van der Waals surface area (Å²) >= 11 is 0. The molecule has 26 heavy (non-hydrogen) atoms. The Morgan fingerprint density at radius 1 is 1.04 bits per heavy atom. The SMILES string of the molecule is COC(=O)[C@@H](Cc1ccccc1)NC(=O)COC(=O)c1ccc(O)cc1. The van der Waals surface area contributed by atoms with Crippen LogP contribution in [-0.4, -0.2) is 42.7 Å². The molecule has 0 aromatic heterocycles. The van der Waals surface area contributed by atoms with Crippen molar-refractivity contribution in [1.29, 1.82) is 0 Å². The summed E-state index contributed by atoms with van der Waals surface area (Å²) in [4.78, 5) is 35.7. The lowest BCUT2D eigenvalue weighted by Crippen LogP contribution is -2.44. The highest BCUT2D eigenvalue weighted by molar-refractivity contribution is 5.92. The van der Waals surface area contributed by atoms with Crippen molar-refractivity contribution in [1.82, 2.24) is 5.32 Å². The molecule has 7 nitrogen and oxygen atoms in total. The second-order valence-electron chi connectivity index (χ2n) is 5.46. The van der Waals surface area contributed by atoms with Gasteiger partial charge in [-0.25, -0.2) is 9.59 Å². The lowest BCUT2D eigenvalue weighted by Gasteiger charge is -2.16. The fourth-order valence-electron chi connectivity index (χ4n) is 2.23. The third-order valence-corrected chi connectivity index (χ3v) is 3.54. The Bertz CT molecular complexity index is 757. The first-order valence-electron chi connectivity index (χ1n) is 7.87. The molecule has 0 saturated heterocycles. The minimum Gasteiger partial charge on any atom is -0.508 e. The number of esters is 2. The first-order valence-corrected chi connectivity index (χ1v) is 7.87. The van der Waals surface area contributed by atoms with E-state index in [2.05, 4.69) is 5.32 Å². The second kappa shape index (κ2) is 9.22. The van der Waals surface area contributed by atoms with E-state index in [1.807, 2.05) is 30.3 Å². The van der Waals surface area contributed by atoms with Gasteiger partial charge in [0.05, 0.1) is 12.7 Å². The normalized spacial score (nSPS) is 11.3. The summed E-state index contributed by atoms with van der Waals surface area (Å²) in [6.45, 7) is -0.540. The van der Waals surface area contributed by atoms with Crippen molar-refractivity contribution >= 4 is 17.8 Å². The zero-order valence-electron chi connectivity index (χ0n) is 14.2. The van der Waals surface area contributed by atoms with Crippen molar-refractivity contribution in [3.8, 4) is 5.75 Å². The maximum absolute atomic E-state index is 12.0. The quantitative estimate of drug-likeness (QED) is 0.727. The molecule has 0 saturated carbocycles. The van der Waals surface area contributed by atoms with Gasteiger partial charge in [0.2, 0.25) is 0 Å². The van der Waals surface area contributed by atoms with Crippen LogP contribution in [0.15, 0.2) is 54.6 Å². The summed E-state index contributed by atoms with van der Waals surface area (Å²) in [6.07, 6.45) is 0.255. The predicted molar refractivity (Wildman–Crippen MR) is 92.5 cm³/mol. The molecule has 2 aromatic carbocycles. The van der Waals surface area contributed by atoms with Gasteiger partial charge in [0.15, 0.2) is 6.61 Å². The average molecular weight is 357 g/mol. The Balaban J connectivity index is 1.91. The van der Waals surface area contributed by atoms with Crippen LogP contribution in [-0.2, 0) is 25.5 Å². The number of amides is 1. The molecule has 2 rings (SSSR count). The molecular formula is C19H19NO6. The van der Waals surface area contributed by atoms with Gasteiger partial charge >= 0.3 is 11.9 Å². The lowest BCUT2D eigenvalue weighted by atomic mass is 10.1. The molecule has 136 valence electrons. The molecule has 2 aromatic rings. The minimum atomic E-state index is -0.887. The number of carbonyl (C=O) groups excluding carboxylic acids is 3. The van der Waals surface area contributed by atoms with Gasteiger partial charge in [0.1, 0.15) is 11.8 Å². The van der Waals surface area contributed by atoms with Crippen molar-refractivity contribution in [2.24, 2.45) is 0 Å². The van der Waals surface area contributed by atoms with Crippen molar-refractivity contribution in [2.45, 2.75) is 12.5 Å². The second-order valence-corrected chi connectivity index (χ2v) is 5.46. The van der Waals surface area contributed by atoms with Gasteiger partial charge < -0.3 is 19.9 Å². The van der Waals surface area contributed by atoms with E-state index in [0.717, 1.165) is 5.56 Å². The monoisotopic (exact) mass is 357 g/mol. The summed E-state index contributed by atoms with van der Waals surface area (Å²) in [5.74, 6) is -1.91. The fourth-order valence-corrected chi connectivity index (χ4v) is 2.23. The molecule has 0 spiro atoms. The number of hydrogen-bond acceptors (Lipinski definition) is 6. The van der Waals surface area contributed by atoms with E-state index in [1.165, 1.54) is 31.4 Å². The fraction of sp³-hybridized carbons (Fsp3) is 0.211. The third-order valence-electron chi connectivity index (χ3n) is 3.54. The van der Waals surface area contributed by atoms with Crippen LogP contribution in [0.2, 0.25) is 0 Å². The Morgan fingerprint density at radius 2 is 1.69 bits per heavy atom. The third kappa shape index (κ3) is 5.62. The number of benzene rings is 2. The number of methoxy groups -OCH3 is 1. The maximum Gasteiger partial charge on any atom is 0.338 e. The molecular weight excluding hydrogens is 338 g/mol. The molecule has 0 heterocycles. The van der Waals surface area contributed by atoms with E-state index in [0.29, 0.717) is 0 Å². The molecule has 1 amide bonds. The zero-order valence-corrected chi connectivity index (χ0v) is 14.2. The van der Waals surface area contributed by atoms with E-state index in [-0.39, 0.29) is 17.7 Å². The highest BCUT2D eigenvalue weighted by Crippen LogP contribution is 2.10. The van der Waals surface area contributed by atoms with Crippen LogP contribution in [0.3, 0.4) is 0 Å². The summed E-state index contributed by atoms with van der Waals surface area (Å²) < 4.78 is 9.62. The van der Waals surface area contributed by atoms with E-state index in [4.69, 9.17) is 9.47 Å². The van der Waals surface area contributed by atoms with Crippen LogP contribution in [0, 0.1) is 0 Å². The van der Waals surface area contributed by atoms with Gasteiger partial charge in [-0.05, 0) is 29.8 Å². The number of phenols is 1. The minimum absolute atomic E-state index is 0.0149. The molecule has 1 atom stereocenters. The predicted octanol–water partition coefficient (Wildman–Crippen LogP) is 1.45. The largest absolute Gasteiger partial charge is 0.508 e. The van der Waals surface area contributed by atoms with Gasteiger partial charge in [-0.3, -0.25) is 4.79 Å². The van der Waals surface area contributed by atoms with Crippen LogP contribution in [0.25, 0.3) is 0 Å². The van der Waals surface area contributed by atoms with Crippen molar-refractivity contribution in [2.75, 3.05) is 13.7 Å². The zero-order chi connectivity index (χ0) is 18.9. The van der Waals surface area contributed by atoms with E-state index in [1.54, 1.807) is 0 Å². The smallest absolute Gasteiger partial charge is 0.338 e. The number of phenolic OH excluding ortho intramolecular Hbond substituents is 1. The maximum atomic E-state index is 12.0. The lowest BCUT2D eigenvalue weighted by molar-refractivity contribution is -0.145.